The lowest BCUT2D eigenvalue weighted by molar-refractivity contribution is -0.384. The molecule has 0 aliphatic heterocycles. The second-order valence-corrected chi connectivity index (χ2v) is 3.35. The zero-order valence-corrected chi connectivity index (χ0v) is 8.84. The van der Waals surface area contributed by atoms with E-state index in [0.29, 0.717) is 6.42 Å². The number of nitrogens with zero attached hydrogens (tertiary/aromatic N) is 1. The van der Waals surface area contributed by atoms with E-state index < -0.39 is 11.0 Å². The van der Waals surface area contributed by atoms with Crippen LogP contribution in [0.3, 0.4) is 0 Å². The van der Waals surface area contributed by atoms with Gasteiger partial charge in [0.05, 0.1) is 11.0 Å². The van der Waals surface area contributed by atoms with Gasteiger partial charge in [0.15, 0.2) is 0 Å². The molecule has 1 unspecified atom stereocenters. The number of likely N-dealkylation sites (N-methyl/N-ethyl adjacent to an activating group) is 1. The number of amides is 1. The van der Waals surface area contributed by atoms with Crippen molar-refractivity contribution in [1.82, 2.24) is 5.32 Å². The molecule has 1 aromatic rings. The first-order chi connectivity index (χ1) is 7.54. The Hall–Kier alpha value is -1.95. The van der Waals surface area contributed by atoms with Crippen LogP contribution in [0.4, 0.5) is 5.69 Å². The van der Waals surface area contributed by atoms with E-state index in [1.807, 2.05) is 0 Å². The molecule has 0 heterocycles. The molecule has 1 rings (SSSR count). The summed E-state index contributed by atoms with van der Waals surface area (Å²) >= 11 is 0. The maximum atomic E-state index is 11.1. The highest BCUT2D eigenvalue weighted by Crippen LogP contribution is 2.12. The van der Waals surface area contributed by atoms with E-state index in [2.05, 4.69) is 5.32 Å². The highest BCUT2D eigenvalue weighted by molar-refractivity contribution is 5.81. The topological polar surface area (TPSA) is 98.3 Å². The summed E-state index contributed by atoms with van der Waals surface area (Å²) in [4.78, 5) is 21.1. The Labute approximate surface area is 92.6 Å². The molecule has 0 bridgehead atoms. The molecule has 0 radical (unpaired) electrons. The van der Waals surface area contributed by atoms with Gasteiger partial charge in [0.25, 0.3) is 5.69 Å². The van der Waals surface area contributed by atoms with Crippen molar-refractivity contribution in [3.63, 3.8) is 0 Å². The molecular formula is C10H13N3O3. The molecular weight excluding hydrogens is 210 g/mol. The lowest BCUT2D eigenvalue weighted by atomic mass is 10.1. The van der Waals surface area contributed by atoms with Gasteiger partial charge in [-0.3, -0.25) is 14.9 Å². The number of nitro benzene ring substituents is 1. The lowest BCUT2D eigenvalue weighted by Crippen LogP contribution is -2.40. The Morgan fingerprint density at radius 2 is 2.06 bits per heavy atom. The van der Waals surface area contributed by atoms with Crippen LogP contribution in [0, 0.1) is 10.1 Å². The Kier molecular flexibility index (Phi) is 3.96. The van der Waals surface area contributed by atoms with Crippen LogP contribution in [-0.4, -0.2) is 23.9 Å². The van der Waals surface area contributed by atoms with Crippen molar-refractivity contribution < 1.29 is 9.72 Å². The number of carbonyl (C=O) groups excluding carboxylic acids is 1. The average Bonchev–Trinajstić information content (AvgIpc) is 2.28. The van der Waals surface area contributed by atoms with Crippen molar-refractivity contribution in [3.8, 4) is 0 Å². The van der Waals surface area contributed by atoms with E-state index in [1.165, 1.54) is 19.2 Å². The fourth-order valence-corrected chi connectivity index (χ4v) is 1.29. The summed E-state index contributed by atoms with van der Waals surface area (Å²) < 4.78 is 0. The molecule has 1 amide bonds. The SMILES string of the molecule is CNC(=O)C(N)Cc1ccc([N+](=O)[O-])cc1. The Bertz CT molecular complexity index is 389. The molecule has 0 aliphatic rings. The van der Waals surface area contributed by atoms with E-state index in [4.69, 9.17) is 5.73 Å². The van der Waals surface area contributed by atoms with E-state index in [-0.39, 0.29) is 11.6 Å². The predicted octanol–water partition coefficient (Wildman–Crippen LogP) is 0.211. The average molecular weight is 223 g/mol. The van der Waals surface area contributed by atoms with Crippen LogP contribution in [0.15, 0.2) is 24.3 Å². The van der Waals surface area contributed by atoms with Crippen molar-refractivity contribution in [2.45, 2.75) is 12.5 Å². The second kappa shape index (κ2) is 5.22. The third-order valence-electron chi connectivity index (χ3n) is 2.19. The van der Waals surface area contributed by atoms with Gasteiger partial charge in [-0.15, -0.1) is 0 Å². The molecule has 0 aromatic heterocycles. The molecule has 16 heavy (non-hydrogen) atoms. The fraction of sp³-hybridized carbons (Fsp3) is 0.300. The number of non-ortho nitro benzene ring substituents is 1. The van der Waals surface area contributed by atoms with Crippen LogP contribution in [0.1, 0.15) is 5.56 Å². The summed E-state index contributed by atoms with van der Waals surface area (Å²) in [6, 6.07) is 5.35. The second-order valence-electron chi connectivity index (χ2n) is 3.35. The Morgan fingerprint density at radius 1 is 1.50 bits per heavy atom. The smallest absolute Gasteiger partial charge is 0.269 e. The van der Waals surface area contributed by atoms with Crippen LogP contribution < -0.4 is 11.1 Å². The number of nitro groups is 1. The van der Waals surface area contributed by atoms with Gasteiger partial charge in [0.2, 0.25) is 5.91 Å². The van der Waals surface area contributed by atoms with Crippen molar-refractivity contribution in [2.75, 3.05) is 7.05 Å². The van der Waals surface area contributed by atoms with Crippen molar-refractivity contribution >= 4 is 11.6 Å². The predicted molar refractivity (Wildman–Crippen MR) is 58.8 cm³/mol. The van der Waals surface area contributed by atoms with E-state index in [1.54, 1.807) is 12.1 Å². The van der Waals surface area contributed by atoms with E-state index in [9.17, 15) is 14.9 Å². The number of nitrogens with two attached hydrogens (primary N) is 1. The first kappa shape index (κ1) is 12.1. The maximum Gasteiger partial charge on any atom is 0.269 e. The summed E-state index contributed by atoms with van der Waals surface area (Å²) in [7, 11) is 1.51. The number of nitrogens with one attached hydrogen (secondary N) is 1. The van der Waals surface area contributed by atoms with Crippen LogP contribution >= 0.6 is 0 Å². The number of hydrogen-bond acceptors (Lipinski definition) is 4. The number of hydrogen-bond donors (Lipinski definition) is 2. The van der Waals surface area contributed by atoms with Crippen LogP contribution in [0.25, 0.3) is 0 Å². The number of rotatable bonds is 4. The van der Waals surface area contributed by atoms with Gasteiger partial charge in [-0.1, -0.05) is 12.1 Å². The van der Waals surface area contributed by atoms with Crippen LogP contribution in [-0.2, 0) is 11.2 Å². The molecule has 0 saturated carbocycles. The van der Waals surface area contributed by atoms with Gasteiger partial charge in [-0.05, 0) is 12.0 Å². The lowest BCUT2D eigenvalue weighted by Gasteiger charge is -2.09. The molecule has 86 valence electrons. The quantitative estimate of drug-likeness (QED) is 0.563. The first-order valence-electron chi connectivity index (χ1n) is 4.75. The molecule has 1 atom stereocenters. The Morgan fingerprint density at radius 3 is 2.50 bits per heavy atom. The van der Waals surface area contributed by atoms with Gasteiger partial charge < -0.3 is 11.1 Å². The van der Waals surface area contributed by atoms with Gasteiger partial charge in [0, 0.05) is 19.2 Å². The molecule has 3 N–H and O–H groups in total. The summed E-state index contributed by atoms with van der Waals surface area (Å²) in [6.45, 7) is 0. The van der Waals surface area contributed by atoms with Crippen molar-refractivity contribution in [1.29, 1.82) is 0 Å². The molecule has 6 heteroatoms. The minimum Gasteiger partial charge on any atom is -0.358 e. The van der Waals surface area contributed by atoms with Gasteiger partial charge >= 0.3 is 0 Å². The Balaban J connectivity index is 2.68. The monoisotopic (exact) mass is 223 g/mol. The minimum absolute atomic E-state index is 0.0252. The molecule has 0 aliphatic carbocycles. The third kappa shape index (κ3) is 3.03. The van der Waals surface area contributed by atoms with Crippen molar-refractivity contribution in [3.05, 3.63) is 39.9 Å². The first-order valence-corrected chi connectivity index (χ1v) is 4.75. The van der Waals surface area contributed by atoms with Crippen LogP contribution in [0.2, 0.25) is 0 Å². The third-order valence-corrected chi connectivity index (χ3v) is 2.19. The molecule has 0 saturated heterocycles. The summed E-state index contributed by atoms with van der Waals surface area (Å²) in [5, 5.41) is 12.8. The normalized spacial score (nSPS) is 11.9. The van der Waals surface area contributed by atoms with Crippen LogP contribution in [0.5, 0.6) is 0 Å². The van der Waals surface area contributed by atoms with E-state index >= 15 is 0 Å². The zero-order chi connectivity index (χ0) is 12.1. The van der Waals surface area contributed by atoms with Gasteiger partial charge in [0.1, 0.15) is 0 Å². The summed E-state index contributed by atoms with van der Waals surface area (Å²) in [6.07, 6.45) is 0.359. The zero-order valence-electron chi connectivity index (χ0n) is 8.84. The summed E-state index contributed by atoms with van der Waals surface area (Å²) in [5.41, 5.74) is 6.43. The largest absolute Gasteiger partial charge is 0.358 e. The standard InChI is InChI=1S/C10H13N3O3/c1-12-10(14)9(11)6-7-2-4-8(5-3-7)13(15)16/h2-5,9H,6,11H2,1H3,(H,12,14). The van der Waals surface area contributed by atoms with Crippen molar-refractivity contribution in [2.24, 2.45) is 5.73 Å². The van der Waals surface area contributed by atoms with E-state index in [0.717, 1.165) is 5.56 Å². The fourth-order valence-electron chi connectivity index (χ4n) is 1.29. The summed E-state index contributed by atoms with van der Waals surface area (Å²) in [5.74, 6) is -0.252. The molecule has 1 aromatic carbocycles. The van der Waals surface area contributed by atoms with Gasteiger partial charge in [-0.2, -0.15) is 0 Å². The maximum absolute atomic E-state index is 11.1. The molecule has 6 nitrogen and oxygen atoms in total. The number of carbonyl (C=O) groups is 1. The molecule has 0 spiro atoms. The highest BCUT2D eigenvalue weighted by Gasteiger charge is 2.12. The molecule has 0 fully saturated rings. The highest BCUT2D eigenvalue weighted by atomic mass is 16.6. The number of benzene rings is 1. The van der Waals surface area contributed by atoms with Gasteiger partial charge in [-0.25, -0.2) is 0 Å². The minimum atomic E-state index is -0.633.